The average molecular weight is 886 g/mol. The molecule has 0 fully saturated rings. The summed E-state index contributed by atoms with van der Waals surface area (Å²) in [6.45, 7) is 17.4. The fraction of sp³-hybridized carbons (Fsp3) is 0.500. The number of pyridine rings is 1. The van der Waals surface area contributed by atoms with Gasteiger partial charge in [-0.05, 0) is 88.6 Å². The zero-order valence-electron chi connectivity index (χ0n) is 32.0. The topological polar surface area (TPSA) is 117 Å². The molecule has 0 spiro atoms. The molecule has 0 saturated carbocycles. The number of rotatable bonds is 19. The van der Waals surface area contributed by atoms with Crippen LogP contribution in [0.1, 0.15) is 18.1 Å². The third-order valence-electron chi connectivity index (χ3n) is 8.58. The Morgan fingerprint density at radius 2 is 1.65 bits per heavy atom. The van der Waals surface area contributed by atoms with Gasteiger partial charge in [0.15, 0.2) is 18.4 Å². The lowest BCUT2D eigenvalue weighted by molar-refractivity contribution is 0.0197. The normalized spacial score (nSPS) is 12.4. The van der Waals surface area contributed by atoms with Gasteiger partial charge in [0.05, 0.1) is 35.6 Å². The Hall–Kier alpha value is -2.78. The second-order valence-electron chi connectivity index (χ2n) is 15.2. The molecule has 0 amide bonds. The van der Waals surface area contributed by atoms with Crippen LogP contribution in [0.2, 0.25) is 51.4 Å². The number of aromatic nitrogens is 3. The van der Waals surface area contributed by atoms with Crippen LogP contribution in [0.4, 0.5) is 15.9 Å². The summed E-state index contributed by atoms with van der Waals surface area (Å²) in [5.74, 6) is 0.711. The first kappa shape index (κ1) is 42.0. The lowest BCUT2D eigenvalue weighted by Crippen LogP contribution is -2.26. The highest BCUT2D eigenvalue weighted by Crippen LogP contribution is 2.36. The van der Waals surface area contributed by atoms with Crippen molar-refractivity contribution >= 4 is 71.2 Å². The lowest BCUT2D eigenvalue weighted by Gasteiger charge is -2.21. The minimum atomic E-state index is -3.54. The van der Waals surface area contributed by atoms with Crippen LogP contribution in [-0.4, -0.2) is 79.7 Å². The van der Waals surface area contributed by atoms with Gasteiger partial charge >= 0.3 is 0 Å². The molecular formula is C36H53FIN5O6SSi2. The van der Waals surface area contributed by atoms with E-state index in [4.69, 9.17) is 29.0 Å². The Morgan fingerprint density at radius 1 is 0.981 bits per heavy atom. The first-order valence-electron chi connectivity index (χ1n) is 17.3. The van der Waals surface area contributed by atoms with Crippen LogP contribution >= 0.6 is 22.6 Å². The molecule has 286 valence electrons. The van der Waals surface area contributed by atoms with E-state index in [-0.39, 0.29) is 25.8 Å². The smallest absolute Gasteiger partial charge is 0.232 e. The molecular weight excluding hydrogens is 833 g/mol. The summed E-state index contributed by atoms with van der Waals surface area (Å²) in [7, 11) is -3.02. The molecule has 0 radical (unpaired) electrons. The van der Waals surface area contributed by atoms with E-state index in [0.29, 0.717) is 57.4 Å². The van der Waals surface area contributed by atoms with E-state index in [9.17, 15) is 8.42 Å². The second-order valence-corrected chi connectivity index (χ2v) is 29.5. The van der Waals surface area contributed by atoms with Gasteiger partial charge in [-0.3, -0.25) is 4.31 Å². The highest BCUT2D eigenvalue weighted by molar-refractivity contribution is 14.1. The van der Waals surface area contributed by atoms with Gasteiger partial charge in [0.1, 0.15) is 22.0 Å². The van der Waals surface area contributed by atoms with Gasteiger partial charge < -0.3 is 24.3 Å². The summed E-state index contributed by atoms with van der Waals surface area (Å²) in [5, 5.41) is 9.04. The van der Waals surface area contributed by atoms with Crippen molar-refractivity contribution < 1.29 is 31.8 Å². The Morgan fingerprint density at radius 3 is 2.27 bits per heavy atom. The fourth-order valence-electron chi connectivity index (χ4n) is 5.32. The van der Waals surface area contributed by atoms with E-state index in [2.05, 4.69) is 67.2 Å². The second kappa shape index (κ2) is 17.6. The molecule has 0 bridgehead atoms. The maximum atomic E-state index is 15.7. The van der Waals surface area contributed by atoms with E-state index in [1.807, 2.05) is 17.7 Å². The maximum absolute atomic E-state index is 15.7. The van der Waals surface area contributed by atoms with E-state index >= 15 is 4.39 Å². The molecule has 0 unspecified atom stereocenters. The van der Waals surface area contributed by atoms with Crippen molar-refractivity contribution in [3.63, 3.8) is 0 Å². The van der Waals surface area contributed by atoms with E-state index < -0.39 is 32.0 Å². The van der Waals surface area contributed by atoms with Gasteiger partial charge in [-0.25, -0.2) is 22.5 Å². The van der Waals surface area contributed by atoms with E-state index in [1.54, 1.807) is 31.4 Å². The van der Waals surface area contributed by atoms with Crippen LogP contribution in [0.3, 0.4) is 0 Å². The zero-order valence-corrected chi connectivity index (χ0v) is 37.0. The number of hydrogen-bond donors (Lipinski definition) is 1. The quantitative estimate of drug-likeness (QED) is 0.0429. The van der Waals surface area contributed by atoms with Crippen LogP contribution in [0.25, 0.3) is 22.2 Å². The maximum Gasteiger partial charge on any atom is 0.232 e. The summed E-state index contributed by atoms with van der Waals surface area (Å²) in [6, 6.07) is 12.3. The third kappa shape index (κ3) is 11.4. The summed E-state index contributed by atoms with van der Waals surface area (Å²) in [4.78, 5) is 5.05. The number of fused-ring (bicyclic) bond motifs is 1. The molecule has 0 aliphatic rings. The summed E-state index contributed by atoms with van der Waals surface area (Å²) in [6.07, 6.45) is 1.76. The van der Waals surface area contributed by atoms with E-state index in [1.165, 1.54) is 17.4 Å². The molecule has 0 aliphatic heterocycles. The zero-order chi connectivity index (χ0) is 38.4. The minimum absolute atomic E-state index is 0.0295. The third-order valence-corrected chi connectivity index (χ3v) is 13.9. The van der Waals surface area contributed by atoms with Crippen molar-refractivity contribution in [2.45, 2.75) is 78.0 Å². The number of aryl methyl sites for hydroxylation is 1. The van der Waals surface area contributed by atoms with Gasteiger partial charge in [0.25, 0.3) is 0 Å². The Kier molecular flexibility index (Phi) is 14.2. The molecule has 1 N–H and O–H groups in total. The van der Waals surface area contributed by atoms with Gasteiger partial charge in [-0.15, -0.1) is 0 Å². The number of sulfonamides is 1. The molecule has 16 heteroatoms. The fourth-order valence-corrected chi connectivity index (χ4v) is 8.16. The number of nitrogens with zero attached hydrogens (tertiary/aromatic N) is 4. The number of ether oxygens (including phenoxy) is 4. The summed E-state index contributed by atoms with van der Waals surface area (Å²) in [5.41, 5.74) is 3.97. The standard InChI is InChI=1S/C36H53FIN5O6SSi2/c1-11-25-19-33(49-24-48-15-17-52(8,9)10)29(37)20-28(25)30-21-32-34(35(38)41-43(32)23-47-14-16-51(5,6)7)36(40-30)39-22-26-18-27(46-3)12-13-31(26)42(2)50(4,44)45/h12-13,18-21H,11,14-17,22-24H2,1-10H3,(H,39,40). The number of hydrogen-bond acceptors (Lipinski definition) is 9. The molecule has 4 rings (SSSR count). The van der Waals surface area contributed by atoms with Gasteiger partial charge in [-0.2, -0.15) is 5.10 Å². The molecule has 0 atom stereocenters. The Labute approximate surface area is 323 Å². The highest BCUT2D eigenvalue weighted by Gasteiger charge is 2.22. The highest BCUT2D eigenvalue weighted by atomic mass is 127. The molecule has 2 aromatic carbocycles. The minimum Gasteiger partial charge on any atom is -0.497 e. The molecule has 2 aromatic heterocycles. The molecule has 4 aromatic rings. The first-order chi connectivity index (χ1) is 24.3. The van der Waals surface area contributed by atoms with E-state index in [0.717, 1.165) is 34.8 Å². The lowest BCUT2D eigenvalue weighted by atomic mass is 10.0. The summed E-state index contributed by atoms with van der Waals surface area (Å²) >= 11 is 2.19. The molecule has 52 heavy (non-hydrogen) atoms. The summed E-state index contributed by atoms with van der Waals surface area (Å²) < 4.78 is 67.5. The van der Waals surface area contributed by atoms with Gasteiger partial charge in [0, 0.05) is 48.5 Å². The van der Waals surface area contributed by atoms with Crippen molar-refractivity contribution in [3.05, 3.63) is 57.0 Å². The Bertz CT molecular complexity index is 1970. The molecule has 2 heterocycles. The number of methoxy groups -OCH3 is 1. The van der Waals surface area contributed by atoms with Crippen molar-refractivity contribution in [2.24, 2.45) is 0 Å². The number of benzene rings is 2. The van der Waals surface area contributed by atoms with Crippen molar-refractivity contribution in [3.8, 4) is 22.8 Å². The van der Waals surface area contributed by atoms with Crippen LogP contribution in [0, 0.1) is 9.52 Å². The van der Waals surface area contributed by atoms with Crippen LogP contribution < -0.4 is 19.1 Å². The molecule has 0 saturated heterocycles. The van der Waals surface area contributed by atoms with Crippen LogP contribution in [-0.2, 0) is 39.2 Å². The number of halogens is 2. The Balaban J connectivity index is 1.76. The number of anilines is 2. The largest absolute Gasteiger partial charge is 0.497 e. The van der Waals surface area contributed by atoms with Crippen LogP contribution in [0.5, 0.6) is 11.5 Å². The average Bonchev–Trinajstić information content (AvgIpc) is 3.38. The van der Waals surface area contributed by atoms with Gasteiger partial charge in [0.2, 0.25) is 10.0 Å². The van der Waals surface area contributed by atoms with Crippen molar-refractivity contribution in [1.82, 2.24) is 14.8 Å². The molecule has 11 nitrogen and oxygen atoms in total. The predicted octanol–water partition coefficient (Wildman–Crippen LogP) is 8.42. The predicted molar refractivity (Wildman–Crippen MR) is 222 cm³/mol. The van der Waals surface area contributed by atoms with Crippen LogP contribution in [0.15, 0.2) is 36.4 Å². The molecule has 0 aliphatic carbocycles. The SMILES string of the molecule is CCc1cc(OCOCC[Si](C)(C)C)c(F)cc1-c1cc2c(c(I)nn2COCC[Si](C)(C)C)c(NCc2cc(OC)ccc2N(C)S(C)(=O)=O)n1. The number of nitrogens with one attached hydrogen (secondary N) is 1. The first-order valence-corrected chi connectivity index (χ1v) is 27.7. The van der Waals surface area contributed by atoms with Crippen molar-refractivity contribution in [1.29, 1.82) is 0 Å². The van der Waals surface area contributed by atoms with Crippen molar-refractivity contribution in [2.75, 3.05) is 50.0 Å². The monoisotopic (exact) mass is 885 g/mol. The van der Waals surface area contributed by atoms with Gasteiger partial charge in [-0.1, -0.05) is 46.2 Å².